The Hall–Kier alpha value is -5.39. The molecule has 48 heavy (non-hydrogen) atoms. The predicted molar refractivity (Wildman–Crippen MR) is 167 cm³/mol. The van der Waals surface area contributed by atoms with Crippen LogP contribution in [0.2, 0.25) is 0 Å². The first-order chi connectivity index (χ1) is 22.9. The van der Waals surface area contributed by atoms with E-state index in [-0.39, 0.29) is 56.9 Å². The van der Waals surface area contributed by atoms with E-state index >= 15 is 0 Å². The molecule has 0 aliphatic carbocycles. The van der Waals surface area contributed by atoms with Gasteiger partial charge in [-0.2, -0.15) is 0 Å². The smallest absolute Gasteiger partial charge is 0.461 e. The highest BCUT2D eigenvalue weighted by atomic mass is 16.7. The van der Waals surface area contributed by atoms with Crippen molar-refractivity contribution in [1.29, 1.82) is 0 Å². The van der Waals surface area contributed by atoms with E-state index in [1.807, 2.05) is 37.3 Å². The highest BCUT2D eigenvalue weighted by molar-refractivity contribution is 5.81. The summed E-state index contributed by atoms with van der Waals surface area (Å²) in [7, 11) is 0. The summed E-state index contributed by atoms with van der Waals surface area (Å²) in [5.41, 5.74) is -0.527. The Balaban J connectivity index is 1.32. The number of ether oxygens (including phenoxy) is 7. The molecular formula is C36H36O12. The van der Waals surface area contributed by atoms with Crippen LogP contribution in [-0.4, -0.2) is 56.6 Å². The van der Waals surface area contributed by atoms with E-state index < -0.39 is 40.5 Å². The fourth-order valence-corrected chi connectivity index (χ4v) is 5.13. The average molecular weight is 661 g/mol. The lowest BCUT2D eigenvalue weighted by atomic mass is 9.73. The Morgan fingerprint density at radius 1 is 0.667 bits per heavy atom. The van der Waals surface area contributed by atoms with E-state index in [0.29, 0.717) is 6.42 Å². The summed E-state index contributed by atoms with van der Waals surface area (Å²) in [6.07, 6.45) is -1.20. The molecule has 0 radical (unpaired) electrons. The molecule has 0 aromatic heterocycles. The summed E-state index contributed by atoms with van der Waals surface area (Å²) < 4.78 is 36.2. The Kier molecular flexibility index (Phi) is 10.0. The molecule has 2 aliphatic heterocycles. The third-order valence-corrected chi connectivity index (χ3v) is 8.50. The van der Waals surface area contributed by atoms with E-state index in [1.165, 1.54) is 0 Å². The average Bonchev–Trinajstić information content (AvgIpc) is 3.10. The summed E-state index contributed by atoms with van der Waals surface area (Å²) in [5.74, 6) is -1.03. The molecular weight excluding hydrogens is 624 g/mol. The lowest BCUT2D eigenvalue weighted by molar-refractivity contribution is -0.157. The molecule has 3 aromatic carbocycles. The molecule has 3 aromatic rings. The lowest BCUT2D eigenvalue weighted by Crippen LogP contribution is -2.45. The SMILES string of the molecule is CC1(C(=O)Oc2ccc(C(C)(CCC(=O)OCc3ccccc3)c3ccc(OC(=O)C4(C)COC(=O)OC4)cc3)cc2)COC(=O)OC1. The fourth-order valence-electron chi connectivity index (χ4n) is 5.13. The zero-order chi connectivity index (χ0) is 34.4. The monoisotopic (exact) mass is 660 g/mol. The van der Waals surface area contributed by atoms with Gasteiger partial charge in [0.25, 0.3) is 0 Å². The molecule has 2 saturated heterocycles. The summed E-state index contributed by atoms with van der Waals surface area (Å²) in [6, 6.07) is 23.2. The zero-order valence-corrected chi connectivity index (χ0v) is 26.9. The molecule has 0 amide bonds. The minimum atomic E-state index is -1.15. The minimum Gasteiger partial charge on any atom is -0.461 e. The summed E-state index contributed by atoms with van der Waals surface area (Å²) in [4.78, 5) is 61.1. The molecule has 2 heterocycles. The van der Waals surface area contributed by atoms with Crippen molar-refractivity contribution in [1.82, 2.24) is 0 Å². The number of benzene rings is 3. The van der Waals surface area contributed by atoms with E-state index in [9.17, 15) is 24.0 Å². The highest BCUT2D eigenvalue weighted by Gasteiger charge is 2.43. The van der Waals surface area contributed by atoms with E-state index in [1.54, 1.807) is 62.4 Å². The molecule has 2 fully saturated rings. The van der Waals surface area contributed by atoms with Crippen LogP contribution in [-0.2, 0) is 50.1 Å². The first kappa shape index (κ1) is 34.0. The number of cyclic esters (lactones) is 4. The van der Waals surface area contributed by atoms with Crippen molar-refractivity contribution in [3.05, 3.63) is 95.6 Å². The number of hydrogen-bond acceptors (Lipinski definition) is 12. The molecule has 0 N–H and O–H groups in total. The van der Waals surface area contributed by atoms with Crippen LogP contribution < -0.4 is 9.47 Å². The van der Waals surface area contributed by atoms with Gasteiger partial charge in [-0.05, 0) is 61.2 Å². The maximum absolute atomic E-state index is 12.9. The third-order valence-electron chi connectivity index (χ3n) is 8.50. The molecule has 0 unspecified atom stereocenters. The molecule has 252 valence electrons. The summed E-state index contributed by atoms with van der Waals surface area (Å²) in [6.45, 7) is 4.66. The number of carbonyl (C=O) groups is 5. The van der Waals surface area contributed by atoms with Gasteiger partial charge in [0.1, 0.15) is 55.4 Å². The van der Waals surface area contributed by atoms with Crippen LogP contribution in [0.3, 0.4) is 0 Å². The van der Waals surface area contributed by atoms with Gasteiger partial charge in [-0.3, -0.25) is 14.4 Å². The Morgan fingerprint density at radius 3 is 1.50 bits per heavy atom. The molecule has 0 spiro atoms. The van der Waals surface area contributed by atoms with Gasteiger partial charge >= 0.3 is 30.2 Å². The summed E-state index contributed by atoms with van der Waals surface area (Å²) in [5, 5.41) is 0. The summed E-state index contributed by atoms with van der Waals surface area (Å²) >= 11 is 0. The topological polar surface area (TPSA) is 150 Å². The normalized spacial score (nSPS) is 16.6. The van der Waals surface area contributed by atoms with Gasteiger partial charge in [0.05, 0.1) is 0 Å². The molecule has 12 heteroatoms. The van der Waals surface area contributed by atoms with E-state index in [2.05, 4.69) is 0 Å². The first-order valence-corrected chi connectivity index (χ1v) is 15.3. The Morgan fingerprint density at radius 2 is 1.08 bits per heavy atom. The standard InChI is InChI=1S/C36H36O12/c1-34(20-43-32(40)44-21-34)30(38)47-27-13-9-25(10-14-27)36(3,18-17-29(37)42-19-24-7-5-4-6-8-24)26-11-15-28(16-12-26)48-31(39)35(2)22-45-33(41)46-23-35/h4-16H,17-23H2,1-3H3. The van der Waals surface area contributed by atoms with Gasteiger partial charge < -0.3 is 33.2 Å². The maximum Gasteiger partial charge on any atom is 0.508 e. The van der Waals surface area contributed by atoms with Crippen molar-refractivity contribution in [2.24, 2.45) is 10.8 Å². The van der Waals surface area contributed by atoms with Gasteiger partial charge in [-0.1, -0.05) is 61.5 Å². The molecule has 2 aliphatic rings. The van der Waals surface area contributed by atoms with Crippen molar-refractivity contribution in [2.75, 3.05) is 26.4 Å². The maximum atomic E-state index is 12.9. The van der Waals surface area contributed by atoms with E-state index in [4.69, 9.17) is 33.2 Å². The van der Waals surface area contributed by atoms with Crippen LogP contribution in [0.15, 0.2) is 78.9 Å². The molecule has 0 saturated carbocycles. The van der Waals surface area contributed by atoms with Crippen LogP contribution >= 0.6 is 0 Å². The van der Waals surface area contributed by atoms with Crippen molar-refractivity contribution in [3.8, 4) is 11.5 Å². The second kappa shape index (κ2) is 14.2. The largest absolute Gasteiger partial charge is 0.508 e. The van der Waals surface area contributed by atoms with Gasteiger partial charge in [0.15, 0.2) is 0 Å². The van der Waals surface area contributed by atoms with Crippen molar-refractivity contribution in [3.63, 3.8) is 0 Å². The third kappa shape index (κ3) is 7.93. The van der Waals surface area contributed by atoms with Crippen molar-refractivity contribution in [2.45, 2.75) is 45.6 Å². The van der Waals surface area contributed by atoms with Crippen LogP contribution in [0.5, 0.6) is 11.5 Å². The number of esters is 3. The first-order valence-electron chi connectivity index (χ1n) is 15.3. The predicted octanol–water partition coefficient (Wildman–Crippen LogP) is 5.67. The van der Waals surface area contributed by atoms with Crippen LogP contribution in [0.1, 0.15) is 50.3 Å². The second-order valence-electron chi connectivity index (χ2n) is 12.6. The van der Waals surface area contributed by atoms with Crippen LogP contribution in [0.25, 0.3) is 0 Å². The number of rotatable bonds is 11. The number of carbonyl (C=O) groups excluding carboxylic acids is 5. The lowest BCUT2D eigenvalue weighted by Gasteiger charge is -2.32. The van der Waals surface area contributed by atoms with Crippen LogP contribution in [0.4, 0.5) is 9.59 Å². The zero-order valence-electron chi connectivity index (χ0n) is 26.9. The second-order valence-corrected chi connectivity index (χ2v) is 12.6. The molecule has 0 atom stereocenters. The van der Waals surface area contributed by atoms with Gasteiger partial charge in [-0.25, -0.2) is 9.59 Å². The number of hydrogen-bond donors (Lipinski definition) is 0. The molecule has 12 nitrogen and oxygen atoms in total. The Labute approximate surface area is 277 Å². The van der Waals surface area contributed by atoms with Crippen LogP contribution in [0, 0.1) is 10.8 Å². The van der Waals surface area contributed by atoms with Crippen molar-refractivity contribution >= 4 is 30.2 Å². The quantitative estimate of drug-likeness (QED) is 0.142. The van der Waals surface area contributed by atoms with E-state index in [0.717, 1.165) is 16.7 Å². The highest BCUT2D eigenvalue weighted by Crippen LogP contribution is 2.39. The minimum absolute atomic E-state index is 0.102. The molecule has 5 rings (SSSR count). The van der Waals surface area contributed by atoms with Crippen molar-refractivity contribution < 1.29 is 57.1 Å². The fraction of sp³-hybridized carbons (Fsp3) is 0.361. The van der Waals surface area contributed by atoms with Gasteiger partial charge in [0.2, 0.25) is 0 Å². The molecule has 0 bridgehead atoms. The van der Waals surface area contributed by atoms with Gasteiger partial charge in [0, 0.05) is 11.8 Å². The van der Waals surface area contributed by atoms with Gasteiger partial charge in [-0.15, -0.1) is 0 Å². The Bertz CT molecular complexity index is 1530.